The second-order valence-corrected chi connectivity index (χ2v) is 6.41. The molecular formula is C14H14BrF6N3O2. The van der Waals surface area contributed by atoms with Crippen molar-refractivity contribution in [3.8, 4) is 0 Å². The Hall–Kier alpha value is -1.72. The number of aromatic nitrogens is 1. The highest BCUT2D eigenvalue weighted by molar-refractivity contribution is 9.10. The number of hydrogen-bond acceptors (Lipinski definition) is 4. The number of alkyl halides is 6. The molecule has 1 aromatic rings. The molecule has 0 radical (unpaired) electrons. The van der Waals surface area contributed by atoms with E-state index >= 15 is 0 Å². The Morgan fingerprint density at radius 2 is 1.77 bits per heavy atom. The van der Waals surface area contributed by atoms with Crippen molar-refractivity contribution in [2.24, 2.45) is 0 Å². The summed E-state index contributed by atoms with van der Waals surface area (Å²) in [6, 6.07) is 5.06. The van der Waals surface area contributed by atoms with Gasteiger partial charge in [-0.1, -0.05) is 6.07 Å². The smallest absolute Gasteiger partial charge is 0.426 e. The lowest BCUT2D eigenvalue weighted by Gasteiger charge is -2.33. The number of ether oxygens (including phenoxy) is 1. The van der Waals surface area contributed by atoms with Gasteiger partial charge in [-0.15, -0.1) is 0 Å². The summed E-state index contributed by atoms with van der Waals surface area (Å²) in [7, 11) is 0. The fourth-order valence-electron chi connectivity index (χ4n) is 2.40. The summed E-state index contributed by atoms with van der Waals surface area (Å²) in [6.45, 7) is -0.0696. The maximum absolute atomic E-state index is 12.4. The molecule has 1 amide bonds. The van der Waals surface area contributed by atoms with E-state index in [1.807, 2.05) is 0 Å². The summed E-state index contributed by atoms with van der Waals surface area (Å²) in [4.78, 5) is 16.7. The van der Waals surface area contributed by atoms with Gasteiger partial charge in [0.05, 0.1) is 0 Å². The lowest BCUT2D eigenvalue weighted by Crippen LogP contribution is -2.50. The zero-order valence-electron chi connectivity index (χ0n) is 13.1. The number of nitrogens with zero attached hydrogens (tertiary/aromatic N) is 2. The van der Waals surface area contributed by atoms with Gasteiger partial charge in [0.25, 0.3) is 6.10 Å². The normalized spacial score (nSPS) is 16.7. The highest BCUT2D eigenvalue weighted by Crippen LogP contribution is 2.36. The fourth-order valence-corrected chi connectivity index (χ4v) is 2.74. The van der Waals surface area contributed by atoms with Crippen LogP contribution in [-0.2, 0) is 4.74 Å². The highest BCUT2D eigenvalue weighted by atomic mass is 79.9. The molecule has 5 nitrogen and oxygen atoms in total. The van der Waals surface area contributed by atoms with E-state index < -0.39 is 24.5 Å². The minimum Gasteiger partial charge on any atom is -0.426 e. The minimum atomic E-state index is -5.72. The van der Waals surface area contributed by atoms with Gasteiger partial charge in [0.1, 0.15) is 10.4 Å². The summed E-state index contributed by atoms with van der Waals surface area (Å²) in [5, 5.41) is 3.09. The van der Waals surface area contributed by atoms with Crippen LogP contribution in [0.4, 0.5) is 37.0 Å². The monoisotopic (exact) mass is 449 g/mol. The van der Waals surface area contributed by atoms with Crippen molar-refractivity contribution in [1.29, 1.82) is 0 Å². The molecule has 1 aromatic heterocycles. The largest absolute Gasteiger partial charge is 0.434 e. The molecule has 146 valence electrons. The number of rotatable bonds is 3. The quantitative estimate of drug-likeness (QED) is 0.550. The van der Waals surface area contributed by atoms with Crippen molar-refractivity contribution in [3.63, 3.8) is 0 Å². The standard InChI is InChI=1S/C14H14BrF6N3O2/c15-9-2-1-3-10(23-9)22-8-4-6-24(7-5-8)12(25)26-11(13(16,17)18)14(19,20)21/h1-3,8,11H,4-7H2,(H,22,23). The molecule has 0 aliphatic carbocycles. The summed E-state index contributed by atoms with van der Waals surface area (Å²) < 4.78 is 79.0. The average Bonchev–Trinajstić information content (AvgIpc) is 2.51. The predicted molar refractivity (Wildman–Crippen MR) is 82.5 cm³/mol. The van der Waals surface area contributed by atoms with Crippen LogP contribution >= 0.6 is 15.9 Å². The van der Waals surface area contributed by atoms with Gasteiger partial charge in [0, 0.05) is 19.1 Å². The number of anilines is 1. The molecule has 0 aromatic carbocycles. The van der Waals surface area contributed by atoms with Crippen LogP contribution in [0.2, 0.25) is 0 Å². The number of amides is 1. The van der Waals surface area contributed by atoms with Gasteiger partial charge in [-0.2, -0.15) is 26.3 Å². The van der Waals surface area contributed by atoms with Crippen molar-refractivity contribution < 1.29 is 35.9 Å². The lowest BCUT2D eigenvalue weighted by molar-refractivity contribution is -0.308. The summed E-state index contributed by atoms with van der Waals surface area (Å²) in [5.74, 6) is 0.564. The molecule has 12 heteroatoms. The average molecular weight is 450 g/mol. The Balaban J connectivity index is 1.89. The van der Waals surface area contributed by atoms with E-state index in [0.717, 1.165) is 4.90 Å². The van der Waals surface area contributed by atoms with Gasteiger partial charge < -0.3 is 15.0 Å². The number of hydrogen-bond donors (Lipinski definition) is 1. The van der Waals surface area contributed by atoms with Crippen LogP contribution in [-0.4, -0.2) is 53.6 Å². The Kier molecular flexibility index (Phi) is 6.25. The first-order valence-corrected chi connectivity index (χ1v) is 8.24. The van der Waals surface area contributed by atoms with E-state index in [-0.39, 0.29) is 19.1 Å². The number of carbonyl (C=O) groups is 1. The third-order valence-electron chi connectivity index (χ3n) is 3.63. The molecule has 0 spiro atoms. The van der Waals surface area contributed by atoms with E-state index in [0.29, 0.717) is 23.3 Å². The first-order chi connectivity index (χ1) is 12.0. The number of likely N-dealkylation sites (tertiary alicyclic amines) is 1. The zero-order valence-corrected chi connectivity index (χ0v) is 14.7. The summed E-state index contributed by atoms with van der Waals surface area (Å²) >= 11 is 3.21. The third kappa shape index (κ3) is 5.64. The van der Waals surface area contributed by atoms with Gasteiger partial charge in [-0.25, -0.2) is 9.78 Å². The van der Waals surface area contributed by atoms with Gasteiger partial charge in [0.15, 0.2) is 0 Å². The van der Waals surface area contributed by atoms with E-state index in [9.17, 15) is 31.1 Å². The van der Waals surface area contributed by atoms with Crippen LogP contribution < -0.4 is 5.32 Å². The van der Waals surface area contributed by atoms with Crippen LogP contribution in [0.5, 0.6) is 0 Å². The van der Waals surface area contributed by atoms with E-state index in [1.54, 1.807) is 18.2 Å². The topological polar surface area (TPSA) is 54.5 Å². The Morgan fingerprint density at radius 3 is 2.27 bits per heavy atom. The van der Waals surface area contributed by atoms with Crippen molar-refractivity contribution in [3.05, 3.63) is 22.8 Å². The highest BCUT2D eigenvalue weighted by Gasteiger charge is 2.60. The maximum atomic E-state index is 12.4. The van der Waals surface area contributed by atoms with Crippen molar-refractivity contribution >= 4 is 27.8 Å². The summed E-state index contributed by atoms with van der Waals surface area (Å²) in [6.07, 6.45) is -16.6. The molecular weight excluding hydrogens is 436 g/mol. The van der Waals surface area contributed by atoms with E-state index in [2.05, 4.69) is 31.0 Å². The molecule has 1 saturated heterocycles. The summed E-state index contributed by atoms with van der Waals surface area (Å²) in [5.41, 5.74) is 0. The second-order valence-electron chi connectivity index (χ2n) is 5.60. The fraction of sp³-hybridized carbons (Fsp3) is 0.571. The first-order valence-electron chi connectivity index (χ1n) is 7.45. The molecule has 26 heavy (non-hydrogen) atoms. The number of pyridine rings is 1. The van der Waals surface area contributed by atoms with Gasteiger partial charge >= 0.3 is 18.4 Å². The Labute approximate surface area is 152 Å². The molecule has 0 saturated carbocycles. The minimum absolute atomic E-state index is 0.0348. The zero-order chi connectivity index (χ0) is 19.5. The maximum Gasteiger partial charge on any atom is 0.434 e. The number of halogens is 7. The lowest BCUT2D eigenvalue weighted by atomic mass is 10.1. The van der Waals surface area contributed by atoms with Crippen LogP contribution in [0.25, 0.3) is 0 Å². The molecule has 1 aliphatic heterocycles. The van der Waals surface area contributed by atoms with Gasteiger partial charge in [-0.05, 0) is 40.9 Å². The first kappa shape index (κ1) is 20.6. The molecule has 2 rings (SSSR count). The van der Waals surface area contributed by atoms with Crippen LogP contribution in [0.1, 0.15) is 12.8 Å². The molecule has 2 heterocycles. The van der Waals surface area contributed by atoms with E-state index in [4.69, 9.17) is 0 Å². The Bertz CT molecular complexity index is 618. The second kappa shape index (κ2) is 7.89. The number of carbonyl (C=O) groups excluding carboxylic acids is 1. The molecule has 1 aliphatic rings. The molecule has 0 unspecified atom stereocenters. The van der Waals surface area contributed by atoms with Crippen LogP contribution in [0.3, 0.4) is 0 Å². The van der Waals surface area contributed by atoms with E-state index in [1.165, 1.54) is 0 Å². The Morgan fingerprint density at radius 1 is 1.19 bits per heavy atom. The number of piperidine rings is 1. The molecule has 1 N–H and O–H groups in total. The van der Waals surface area contributed by atoms with Gasteiger partial charge in [-0.3, -0.25) is 0 Å². The van der Waals surface area contributed by atoms with Crippen LogP contribution in [0.15, 0.2) is 22.8 Å². The predicted octanol–water partition coefficient (Wildman–Crippen LogP) is 4.35. The van der Waals surface area contributed by atoms with Gasteiger partial charge in [0.2, 0.25) is 0 Å². The molecule has 0 atom stereocenters. The third-order valence-corrected chi connectivity index (χ3v) is 4.08. The SMILES string of the molecule is O=C(OC(C(F)(F)F)C(F)(F)F)N1CCC(Nc2cccc(Br)n2)CC1. The molecule has 0 bridgehead atoms. The van der Waals surface area contributed by atoms with Crippen molar-refractivity contribution in [2.45, 2.75) is 37.3 Å². The van der Waals surface area contributed by atoms with Crippen LogP contribution in [0, 0.1) is 0 Å². The van der Waals surface area contributed by atoms with Crippen molar-refractivity contribution in [1.82, 2.24) is 9.88 Å². The van der Waals surface area contributed by atoms with Crippen molar-refractivity contribution in [2.75, 3.05) is 18.4 Å². The molecule has 1 fully saturated rings. The number of nitrogens with one attached hydrogen (secondary N) is 1.